The van der Waals surface area contributed by atoms with Crippen molar-refractivity contribution in [3.63, 3.8) is 0 Å². The largest absolute Gasteiger partial charge is 0.393 e. The van der Waals surface area contributed by atoms with Crippen molar-refractivity contribution in [3.8, 4) is 0 Å². The fraction of sp³-hybridized carbons (Fsp3) is 1.00. The molecule has 4 aliphatic heterocycles. The minimum atomic E-state index is -0.156. The monoisotopic (exact) mass is 302 g/mol. The van der Waals surface area contributed by atoms with E-state index in [1.54, 1.807) is 0 Å². The molecule has 4 rings (SSSR count). The second kappa shape index (κ2) is 7.85. The van der Waals surface area contributed by atoms with E-state index in [2.05, 4.69) is 0 Å². The van der Waals surface area contributed by atoms with Gasteiger partial charge in [0.1, 0.15) is 12.2 Å². The molecule has 4 heterocycles. The van der Waals surface area contributed by atoms with Gasteiger partial charge in [0.2, 0.25) is 0 Å². The van der Waals surface area contributed by atoms with Crippen LogP contribution in [0.2, 0.25) is 0 Å². The van der Waals surface area contributed by atoms with Gasteiger partial charge in [0.25, 0.3) is 0 Å². The maximum atomic E-state index is 9.47. The van der Waals surface area contributed by atoms with Crippen molar-refractivity contribution >= 4 is 0 Å². The van der Waals surface area contributed by atoms with E-state index in [1.807, 2.05) is 0 Å². The van der Waals surface area contributed by atoms with Crippen LogP contribution in [0.5, 0.6) is 0 Å². The number of aliphatic hydroxyl groups is 1. The fourth-order valence-electron chi connectivity index (χ4n) is 2.10. The number of rotatable bonds is 10. The summed E-state index contributed by atoms with van der Waals surface area (Å²) in [6.07, 6.45) is 5.42. The molecule has 5 atom stereocenters. The van der Waals surface area contributed by atoms with Crippen LogP contribution in [0.4, 0.5) is 0 Å². The van der Waals surface area contributed by atoms with Crippen LogP contribution < -0.4 is 0 Å². The maximum absolute atomic E-state index is 9.47. The van der Waals surface area contributed by atoms with E-state index in [1.165, 1.54) is 0 Å². The highest BCUT2D eigenvalue weighted by atomic mass is 16.6. The Morgan fingerprint density at radius 1 is 0.857 bits per heavy atom. The van der Waals surface area contributed by atoms with E-state index in [9.17, 15) is 5.11 Å². The lowest BCUT2D eigenvalue weighted by Crippen LogP contribution is -2.09. The minimum absolute atomic E-state index is 0.156. The van der Waals surface area contributed by atoms with Crippen molar-refractivity contribution in [2.75, 3.05) is 39.6 Å². The van der Waals surface area contributed by atoms with Crippen LogP contribution in [0.25, 0.3) is 0 Å². The van der Waals surface area contributed by atoms with E-state index in [-0.39, 0.29) is 6.10 Å². The number of hydrogen-bond donors (Lipinski definition) is 1. The molecule has 0 amide bonds. The van der Waals surface area contributed by atoms with Crippen LogP contribution >= 0.6 is 0 Å². The summed E-state index contributed by atoms with van der Waals surface area (Å²) in [6, 6.07) is 0. The third kappa shape index (κ3) is 8.09. The molecule has 21 heavy (non-hydrogen) atoms. The number of epoxide rings is 4. The van der Waals surface area contributed by atoms with Gasteiger partial charge >= 0.3 is 0 Å². The van der Waals surface area contributed by atoms with Gasteiger partial charge in [0.05, 0.1) is 58.0 Å². The Balaban J connectivity index is 0.000000131. The first-order chi connectivity index (χ1) is 10.3. The summed E-state index contributed by atoms with van der Waals surface area (Å²) in [5, 5.41) is 9.47. The highest BCUT2D eigenvalue weighted by Gasteiger charge is 2.27. The average molecular weight is 302 g/mol. The van der Waals surface area contributed by atoms with Gasteiger partial charge in [-0.25, -0.2) is 0 Å². The predicted octanol–water partition coefficient (Wildman–Crippen LogP) is 0.506. The first-order valence-corrected chi connectivity index (χ1v) is 8.02. The van der Waals surface area contributed by atoms with E-state index in [0.29, 0.717) is 24.4 Å². The molecular weight excluding hydrogens is 276 g/mol. The average Bonchev–Trinajstić information content (AvgIpc) is 3.30. The number of aliphatic hydroxyl groups excluding tert-OH is 1. The van der Waals surface area contributed by atoms with Crippen molar-refractivity contribution < 1.29 is 28.8 Å². The molecule has 6 heteroatoms. The van der Waals surface area contributed by atoms with Crippen molar-refractivity contribution in [1.29, 1.82) is 0 Å². The lowest BCUT2D eigenvalue weighted by Gasteiger charge is -2.06. The summed E-state index contributed by atoms with van der Waals surface area (Å²) in [7, 11) is 0. The summed E-state index contributed by atoms with van der Waals surface area (Å²) in [5.74, 6) is 0. The van der Waals surface area contributed by atoms with Gasteiger partial charge in [-0.05, 0) is 19.3 Å². The molecule has 0 aromatic heterocycles. The molecule has 0 radical (unpaired) electrons. The zero-order valence-corrected chi connectivity index (χ0v) is 12.4. The smallest absolute Gasteiger partial charge is 0.104 e. The normalized spacial score (nSPS) is 36.4. The standard InChI is InChI=1S/C9H16O3.C6H10O3/c10-7(4-9-6-12-9)2-1-3-8-5-11-8;1(5-3-8-5)7-2-6-4-9-6/h7-10H,1-6H2;5-6H,1-4H2. The lowest BCUT2D eigenvalue weighted by atomic mass is 10.1. The Labute approximate surface area is 125 Å². The van der Waals surface area contributed by atoms with Gasteiger partial charge in [-0.2, -0.15) is 0 Å². The molecule has 4 saturated heterocycles. The molecule has 0 aromatic rings. The molecule has 0 aliphatic carbocycles. The topological polar surface area (TPSA) is 79.6 Å². The first-order valence-electron chi connectivity index (χ1n) is 8.02. The summed E-state index contributed by atoms with van der Waals surface area (Å²) in [5.41, 5.74) is 0. The fourth-order valence-corrected chi connectivity index (χ4v) is 2.10. The summed E-state index contributed by atoms with van der Waals surface area (Å²) >= 11 is 0. The summed E-state index contributed by atoms with van der Waals surface area (Å²) in [6.45, 7) is 5.04. The molecule has 1 N–H and O–H groups in total. The molecule has 122 valence electrons. The van der Waals surface area contributed by atoms with E-state index >= 15 is 0 Å². The Morgan fingerprint density at radius 2 is 1.38 bits per heavy atom. The van der Waals surface area contributed by atoms with E-state index in [0.717, 1.165) is 65.3 Å². The number of ether oxygens (including phenoxy) is 5. The Morgan fingerprint density at radius 3 is 1.86 bits per heavy atom. The van der Waals surface area contributed by atoms with Crippen molar-refractivity contribution in [3.05, 3.63) is 0 Å². The predicted molar refractivity (Wildman–Crippen MR) is 74.3 cm³/mol. The quantitative estimate of drug-likeness (QED) is 0.592. The van der Waals surface area contributed by atoms with Gasteiger partial charge in [0.15, 0.2) is 0 Å². The molecular formula is C15H26O6. The van der Waals surface area contributed by atoms with Crippen molar-refractivity contribution in [1.82, 2.24) is 0 Å². The molecule has 6 nitrogen and oxygen atoms in total. The van der Waals surface area contributed by atoms with Crippen LogP contribution in [-0.4, -0.2) is 75.3 Å². The number of hydrogen-bond acceptors (Lipinski definition) is 6. The van der Waals surface area contributed by atoms with Crippen molar-refractivity contribution in [2.45, 2.75) is 56.2 Å². The molecule has 4 fully saturated rings. The Kier molecular flexibility index (Phi) is 5.85. The van der Waals surface area contributed by atoms with Gasteiger partial charge in [-0.1, -0.05) is 0 Å². The van der Waals surface area contributed by atoms with Gasteiger partial charge < -0.3 is 28.8 Å². The Bertz CT molecular complexity index is 285. The van der Waals surface area contributed by atoms with Crippen LogP contribution in [-0.2, 0) is 23.7 Å². The van der Waals surface area contributed by atoms with Crippen LogP contribution in [0.3, 0.4) is 0 Å². The highest BCUT2D eigenvalue weighted by Crippen LogP contribution is 2.21. The van der Waals surface area contributed by atoms with Gasteiger partial charge in [-0.15, -0.1) is 0 Å². The molecule has 0 bridgehead atoms. The van der Waals surface area contributed by atoms with Crippen molar-refractivity contribution in [2.24, 2.45) is 0 Å². The third-order valence-corrected chi connectivity index (χ3v) is 3.82. The SMILES string of the molecule is C(OCC1CO1)C1CO1.OC(CCCC1CO1)CC1CO1. The minimum Gasteiger partial charge on any atom is -0.393 e. The van der Waals surface area contributed by atoms with Crippen LogP contribution in [0, 0.1) is 0 Å². The Hall–Kier alpha value is -0.240. The molecule has 4 aliphatic rings. The molecule has 0 saturated carbocycles. The maximum Gasteiger partial charge on any atom is 0.104 e. The second-order valence-corrected chi connectivity index (χ2v) is 6.18. The van der Waals surface area contributed by atoms with E-state index in [4.69, 9.17) is 23.7 Å². The van der Waals surface area contributed by atoms with Crippen LogP contribution in [0.15, 0.2) is 0 Å². The lowest BCUT2D eigenvalue weighted by molar-refractivity contribution is 0.102. The second-order valence-electron chi connectivity index (χ2n) is 6.18. The van der Waals surface area contributed by atoms with E-state index < -0.39 is 0 Å². The van der Waals surface area contributed by atoms with Crippen LogP contribution in [0.1, 0.15) is 25.7 Å². The zero-order chi connectivity index (χ0) is 14.5. The summed E-state index contributed by atoms with van der Waals surface area (Å²) in [4.78, 5) is 0. The summed E-state index contributed by atoms with van der Waals surface area (Å²) < 4.78 is 25.2. The first kappa shape index (κ1) is 15.6. The highest BCUT2D eigenvalue weighted by molar-refractivity contribution is 4.75. The van der Waals surface area contributed by atoms with Gasteiger partial charge in [0, 0.05) is 6.42 Å². The van der Waals surface area contributed by atoms with Gasteiger partial charge in [-0.3, -0.25) is 0 Å². The molecule has 5 unspecified atom stereocenters. The molecule has 0 aromatic carbocycles. The zero-order valence-electron chi connectivity index (χ0n) is 12.4. The molecule has 0 spiro atoms. The third-order valence-electron chi connectivity index (χ3n) is 3.82.